The molecule has 146 valence electrons. The van der Waals surface area contributed by atoms with E-state index in [0.29, 0.717) is 17.6 Å². The maximum atomic E-state index is 5.95. The molecular weight excluding hydrogens is 439 g/mol. The van der Waals surface area contributed by atoms with Gasteiger partial charge in [0.25, 0.3) is 0 Å². The van der Waals surface area contributed by atoms with Crippen LogP contribution in [0.5, 0.6) is 0 Å². The Kier molecular flexibility index (Phi) is 8.13. The lowest BCUT2D eigenvalue weighted by Gasteiger charge is -2.61. The molecule has 2 saturated carbocycles. The lowest BCUT2D eigenvalue weighted by atomic mass is 9.51. The lowest BCUT2D eigenvalue weighted by Crippen LogP contribution is -2.68. The number of hydrogen-bond donors (Lipinski definition) is 2. The van der Waals surface area contributed by atoms with E-state index in [9.17, 15) is 0 Å². The van der Waals surface area contributed by atoms with Crippen molar-refractivity contribution in [3.8, 4) is 0 Å². The Morgan fingerprint density at radius 2 is 2.15 bits per heavy atom. The van der Waals surface area contributed by atoms with Crippen LogP contribution in [0, 0.1) is 12.3 Å². The van der Waals surface area contributed by atoms with Gasteiger partial charge in [-0.25, -0.2) is 0 Å². The van der Waals surface area contributed by atoms with Gasteiger partial charge < -0.3 is 15.4 Å². The number of hydrogen-bond acceptors (Lipinski definition) is 3. The van der Waals surface area contributed by atoms with Crippen molar-refractivity contribution in [2.45, 2.75) is 65.0 Å². The molecule has 2 aliphatic carbocycles. The number of pyridine rings is 1. The summed E-state index contributed by atoms with van der Waals surface area (Å²) in [7, 11) is 0. The second-order valence-electron chi connectivity index (χ2n) is 7.28. The first-order valence-corrected chi connectivity index (χ1v) is 9.76. The predicted molar refractivity (Wildman–Crippen MR) is 117 cm³/mol. The Bertz CT molecular complexity index is 586. The minimum absolute atomic E-state index is 0. The summed E-state index contributed by atoms with van der Waals surface area (Å²) < 4.78 is 5.95. The zero-order valence-corrected chi connectivity index (χ0v) is 18.6. The van der Waals surface area contributed by atoms with Crippen molar-refractivity contribution in [3.63, 3.8) is 0 Å². The van der Waals surface area contributed by atoms with Crippen LogP contribution in [0.15, 0.2) is 23.3 Å². The molecule has 2 fully saturated rings. The molecule has 1 spiro atoms. The largest absolute Gasteiger partial charge is 0.378 e. The molecule has 3 rings (SSSR count). The van der Waals surface area contributed by atoms with E-state index in [4.69, 9.17) is 9.73 Å². The highest BCUT2D eigenvalue weighted by Gasteiger charge is 2.59. The van der Waals surface area contributed by atoms with Gasteiger partial charge in [-0.05, 0) is 58.1 Å². The van der Waals surface area contributed by atoms with E-state index in [2.05, 4.69) is 41.6 Å². The van der Waals surface area contributed by atoms with Crippen LogP contribution in [-0.4, -0.2) is 42.8 Å². The molecule has 0 aliphatic heterocycles. The smallest absolute Gasteiger partial charge is 0.191 e. The van der Waals surface area contributed by atoms with Crippen LogP contribution in [0.25, 0.3) is 0 Å². The first-order valence-electron chi connectivity index (χ1n) is 9.76. The van der Waals surface area contributed by atoms with Gasteiger partial charge in [-0.2, -0.15) is 0 Å². The summed E-state index contributed by atoms with van der Waals surface area (Å²) in [5.41, 5.74) is 2.65. The number of aryl methyl sites for hydroxylation is 1. The highest BCUT2D eigenvalue weighted by atomic mass is 127. The molecule has 1 aromatic rings. The SMILES string of the molecule is CCNC(=NCCc1ccc(C)nc1)NC1CC(OCC)C12CCC2.I. The fourth-order valence-electron chi connectivity index (χ4n) is 4.07. The molecule has 0 amide bonds. The maximum absolute atomic E-state index is 5.95. The number of nitrogens with one attached hydrogen (secondary N) is 2. The molecule has 0 saturated heterocycles. The number of aliphatic imine (C=N–C) groups is 1. The molecule has 26 heavy (non-hydrogen) atoms. The quantitative estimate of drug-likeness (QED) is 0.363. The third-order valence-electron chi connectivity index (χ3n) is 5.74. The number of ether oxygens (including phenoxy) is 1. The van der Waals surface area contributed by atoms with E-state index in [1.165, 1.54) is 24.8 Å². The van der Waals surface area contributed by atoms with Crippen molar-refractivity contribution >= 4 is 29.9 Å². The molecule has 2 aliphatic rings. The average Bonchev–Trinajstić information content (AvgIpc) is 2.54. The Balaban J connectivity index is 0.00000243. The summed E-state index contributed by atoms with van der Waals surface area (Å²) in [4.78, 5) is 9.13. The summed E-state index contributed by atoms with van der Waals surface area (Å²) in [5, 5.41) is 7.07. The van der Waals surface area contributed by atoms with Crippen molar-refractivity contribution < 1.29 is 4.74 Å². The molecule has 0 aromatic carbocycles. The van der Waals surface area contributed by atoms with Gasteiger partial charge in [-0.3, -0.25) is 9.98 Å². The molecule has 0 radical (unpaired) electrons. The van der Waals surface area contributed by atoms with Gasteiger partial charge in [-0.1, -0.05) is 12.5 Å². The standard InChI is InChI=1S/C20H32N4O.HI/c1-4-21-19(22-12-9-16-8-7-15(3)23-14-16)24-17-13-18(25-5-2)20(17)10-6-11-20;/h7-8,14,17-18H,4-6,9-13H2,1-3H3,(H2,21,22,24);1H. The summed E-state index contributed by atoms with van der Waals surface area (Å²) in [5.74, 6) is 0.939. The zero-order valence-electron chi connectivity index (χ0n) is 16.3. The molecule has 1 heterocycles. The van der Waals surface area contributed by atoms with Gasteiger partial charge in [0.05, 0.1) is 6.10 Å². The van der Waals surface area contributed by atoms with Crippen molar-refractivity contribution in [2.24, 2.45) is 10.4 Å². The van der Waals surface area contributed by atoms with Crippen LogP contribution in [0.3, 0.4) is 0 Å². The monoisotopic (exact) mass is 472 g/mol. The molecule has 2 N–H and O–H groups in total. The van der Waals surface area contributed by atoms with E-state index in [0.717, 1.165) is 44.2 Å². The number of guanidine groups is 1. The van der Waals surface area contributed by atoms with E-state index >= 15 is 0 Å². The number of aromatic nitrogens is 1. The first-order chi connectivity index (χ1) is 12.2. The summed E-state index contributed by atoms with van der Waals surface area (Å²) in [6, 6.07) is 4.70. The van der Waals surface area contributed by atoms with Crippen LogP contribution in [0.4, 0.5) is 0 Å². The third kappa shape index (κ3) is 4.68. The normalized spacial score (nSPS) is 23.6. The number of halogens is 1. The van der Waals surface area contributed by atoms with Crippen LogP contribution < -0.4 is 10.6 Å². The summed E-state index contributed by atoms with van der Waals surface area (Å²) in [6.45, 7) is 8.70. The highest BCUT2D eigenvalue weighted by Crippen LogP contribution is 2.57. The van der Waals surface area contributed by atoms with Gasteiger partial charge in [0.15, 0.2) is 5.96 Å². The van der Waals surface area contributed by atoms with Gasteiger partial charge in [-0.15, -0.1) is 24.0 Å². The summed E-state index contributed by atoms with van der Waals surface area (Å²) >= 11 is 0. The molecule has 1 aromatic heterocycles. The van der Waals surface area contributed by atoms with E-state index in [-0.39, 0.29) is 24.0 Å². The zero-order chi connectivity index (χ0) is 17.7. The van der Waals surface area contributed by atoms with Crippen LogP contribution in [-0.2, 0) is 11.2 Å². The Hall–Kier alpha value is -0.890. The second-order valence-corrected chi connectivity index (χ2v) is 7.28. The maximum Gasteiger partial charge on any atom is 0.191 e. The van der Waals surface area contributed by atoms with Gasteiger partial charge in [0, 0.05) is 43.0 Å². The van der Waals surface area contributed by atoms with Gasteiger partial charge in [0.2, 0.25) is 0 Å². The minimum Gasteiger partial charge on any atom is -0.378 e. The summed E-state index contributed by atoms with van der Waals surface area (Å²) in [6.07, 6.45) is 8.29. The second kappa shape index (κ2) is 9.88. The van der Waals surface area contributed by atoms with Crippen molar-refractivity contribution in [1.82, 2.24) is 15.6 Å². The fourth-order valence-corrected chi connectivity index (χ4v) is 4.07. The Labute approximate surface area is 174 Å². The molecule has 5 nitrogen and oxygen atoms in total. The van der Waals surface area contributed by atoms with Crippen molar-refractivity contribution in [1.29, 1.82) is 0 Å². The van der Waals surface area contributed by atoms with E-state index < -0.39 is 0 Å². The van der Waals surface area contributed by atoms with E-state index in [1.54, 1.807) is 0 Å². The van der Waals surface area contributed by atoms with Crippen LogP contribution in [0.2, 0.25) is 0 Å². The van der Waals surface area contributed by atoms with Crippen molar-refractivity contribution in [3.05, 3.63) is 29.6 Å². The molecule has 0 bridgehead atoms. The number of nitrogens with zero attached hydrogens (tertiary/aromatic N) is 2. The highest BCUT2D eigenvalue weighted by molar-refractivity contribution is 14.0. The third-order valence-corrected chi connectivity index (χ3v) is 5.74. The minimum atomic E-state index is 0. The van der Waals surface area contributed by atoms with E-state index in [1.807, 2.05) is 13.1 Å². The lowest BCUT2D eigenvalue weighted by molar-refractivity contribution is -0.168. The first kappa shape index (κ1) is 21.4. The molecular formula is C20H33IN4O. The predicted octanol–water partition coefficient (Wildman–Crippen LogP) is 3.45. The topological polar surface area (TPSA) is 58.5 Å². The molecule has 2 atom stereocenters. The van der Waals surface area contributed by atoms with Gasteiger partial charge in [0.1, 0.15) is 0 Å². The van der Waals surface area contributed by atoms with Crippen LogP contribution >= 0.6 is 24.0 Å². The Morgan fingerprint density at radius 3 is 2.73 bits per heavy atom. The Morgan fingerprint density at radius 1 is 1.35 bits per heavy atom. The number of rotatable bonds is 7. The fraction of sp³-hybridized carbons (Fsp3) is 0.700. The molecule has 2 unspecified atom stereocenters. The molecule has 6 heteroatoms. The average molecular weight is 472 g/mol. The van der Waals surface area contributed by atoms with Gasteiger partial charge >= 0.3 is 0 Å². The van der Waals surface area contributed by atoms with Crippen LogP contribution in [0.1, 0.15) is 50.8 Å². The van der Waals surface area contributed by atoms with Crippen molar-refractivity contribution in [2.75, 3.05) is 19.7 Å².